The van der Waals surface area contributed by atoms with Crippen LogP contribution in [0.5, 0.6) is 0 Å². The second-order valence-electron chi connectivity index (χ2n) is 3.21. The molecular weight excluding hydrogens is 235 g/mol. The summed E-state index contributed by atoms with van der Waals surface area (Å²) in [6.07, 6.45) is -0.0396. The predicted molar refractivity (Wildman–Crippen MR) is 51.7 cm³/mol. The van der Waals surface area contributed by atoms with E-state index in [0.717, 1.165) is 17.1 Å². The maximum Gasteiger partial charge on any atom is 0.454 e. The number of nitrogens with zero attached hydrogens (tertiary/aromatic N) is 3. The van der Waals surface area contributed by atoms with E-state index in [0.29, 0.717) is 5.69 Å². The van der Waals surface area contributed by atoms with Gasteiger partial charge in [-0.3, -0.25) is 9.78 Å². The number of halogens is 3. The van der Waals surface area contributed by atoms with Crippen molar-refractivity contribution in [2.45, 2.75) is 6.18 Å². The Kier molecular flexibility index (Phi) is 2.66. The number of aromatic nitrogens is 3. The third-order valence-corrected chi connectivity index (χ3v) is 2.01. The average molecular weight is 241 g/mol. The number of hydrogen-bond donors (Lipinski definition) is 0. The minimum atomic E-state index is -4.89. The van der Waals surface area contributed by atoms with Crippen LogP contribution in [0.1, 0.15) is 10.4 Å². The van der Waals surface area contributed by atoms with Crippen molar-refractivity contribution in [3.63, 3.8) is 0 Å². The van der Waals surface area contributed by atoms with Crippen molar-refractivity contribution in [3.05, 3.63) is 42.5 Å². The summed E-state index contributed by atoms with van der Waals surface area (Å²) in [7, 11) is 0. The zero-order valence-electron chi connectivity index (χ0n) is 8.35. The van der Waals surface area contributed by atoms with Crippen LogP contribution in [0, 0.1) is 0 Å². The predicted octanol–water partition coefficient (Wildman–Crippen LogP) is 2.01. The maximum absolute atomic E-state index is 12.1. The molecule has 0 aromatic carbocycles. The lowest BCUT2D eigenvalue weighted by Gasteiger charge is -2.01. The molecule has 2 aromatic rings. The molecule has 0 saturated heterocycles. The number of rotatable bonds is 2. The Morgan fingerprint density at radius 1 is 1.29 bits per heavy atom. The second kappa shape index (κ2) is 4.00. The molecule has 2 aromatic heterocycles. The van der Waals surface area contributed by atoms with E-state index in [2.05, 4.69) is 10.1 Å². The van der Waals surface area contributed by atoms with Crippen LogP contribution >= 0.6 is 0 Å². The Morgan fingerprint density at radius 3 is 2.65 bits per heavy atom. The Labute approximate surface area is 93.7 Å². The van der Waals surface area contributed by atoms with E-state index >= 15 is 0 Å². The van der Waals surface area contributed by atoms with Gasteiger partial charge in [-0.2, -0.15) is 18.3 Å². The maximum atomic E-state index is 12.1. The molecule has 4 nitrogen and oxygen atoms in total. The molecule has 88 valence electrons. The van der Waals surface area contributed by atoms with Crippen LogP contribution < -0.4 is 0 Å². The van der Waals surface area contributed by atoms with Gasteiger partial charge in [0.15, 0.2) is 0 Å². The molecule has 0 unspecified atom stereocenters. The first kappa shape index (κ1) is 11.3. The van der Waals surface area contributed by atoms with Crippen LogP contribution in [0.2, 0.25) is 0 Å². The Bertz CT molecular complexity index is 533. The summed E-state index contributed by atoms with van der Waals surface area (Å²) in [5.41, 5.74) is -0.0184. The van der Waals surface area contributed by atoms with Crippen LogP contribution in [0.15, 0.2) is 36.9 Å². The minimum Gasteiger partial charge on any atom is -0.284 e. The van der Waals surface area contributed by atoms with Crippen LogP contribution in [-0.2, 0) is 0 Å². The average Bonchev–Trinajstić information content (AvgIpc) is 2.77. The summed E-state index contributed by atoms with van der Waals surface area (Å²) in [4.78, 5) is 14.7. The van der Waals surface area contributed by atoms with Crippen molar-refractivity contribution in [1.29, 1.82) is 0 Å². The van der Waals surface area contributed by atoms with Crippen molar-refractivity contribution < 1.29 is 18.0 Å². The summed E-state index contributed by atoms with van der Waals surface area (Å²) in [5.74, 6) is -1.91. The molecule has 0 bridgehead atoms. The molecule has 17 heavy (non-hydrogen) atoms. The van der Waals surface area contributed by atoms with E-state index < -0.39 is 17.5 Å². The Morgan fingerprint density at radius 2 is 2.06 bits per heavy atom. The third-order valence-electron chi connectivity index (χ3n) is 2.01. The van der Waals surface area contributed by atoms with E-state index in [1.165, 1.54) is 12.4 Å². The number of alkyl halides is 3. The zero-order chi connectivity index (χ0) is 12.5. The summed E-state index contributed by atoms with van der Waals surface area (Å²) >= 11 is 0. The number of carbonyl (C=O) groups is 1. The monoisotopic (exact) mass is 241 g/mol. The lowest BCUT2D eigenvalue weighted by molar-refractivity contribution is -0.0885. The molecule has 7 heteroatoms. The van der Waals surface area contributed by atoms with Crippen LogP contribution in [0.4, 0.5) is 13.2 Å². The van der Waals surface area contributed by atoms with E-state index in [4.69, 9.17) is 0 Å². The summed E-state index contributed by atoms with van der Waals surface area (Å²) in [6, 6.07) is 3.23. The normalized spacial score (nSPS) is 11.5. The number of ketones is 1. The van der Waals surface area contributed by atoms with Gasteiger partial charge in [0.1, 0.15) is 0 Å². The summed E-state index contributed by atoms with van der Waals surface area (Å²) in [6.45, 7) is 0. The molecular formula is C10H6F3N3O. The Balaban J connectivity index is 2.32. The van der Waals surface area contributed by atoms with Gasteiger partial charge in [-0.05, 0) is 12.1 Å². The fourth-order valence-electron chi connectivity index (χ4n) is 1.23. The number of pyridine rings is 1. The molecule has 0 fully saturated rings. The van der Waals surface area contributed by atoms with Gasteiger partial charge in [0.05, 0.1) is 23.6 Å². The molecule has 2 heterocycles. The summed E-state index contributed by atoms with van der Waals surface area (Å²) < 4.78 is 37.6. The number of hydrogen-bond acceptors (Lipinski definition) is 3. The highest BCUT2D eigenvalue weighted by Crippen LogP contribution is 2.21. The fourth-order valence-corrected chi connectivity index (χ4v) is 1.23. The van der Waals surface area contributed by atoms with Gasteiger partial charge in [-0.15, -0.1) is 0 Å². The highest BCUT2D eigenvalue weighted by atomic mass is 19.4. The van der Waals surface area contributed by atoms with Gasteiger partial charge < -0.3 is 0 Å². The standard InChI is InChI=1S/C10H6F3N3O/c11-10(12,13)9(17)7-4-15-16(6-7)8-2-1-3-14-5-8/h1-6H. The molecule has 0 saturated carbocycles. The van der Waals surface area contributed by atoms with Crippen molar-refractivity contribution in [3.8, 4) is 5.69 Å². The van der Waals surface area contributed by atoms with Gasteiger partial charge in [-0.25, -0.2) is 4.68 Å². The molecule has 0 atom stereocenters. The smallest absolute Gasteiger partial charge is 0.284 e. The molecule has 0 aliphatic heterocycles. The lowest BCUT2D eigenvalue weighted by Crippen LogP contribution is -2.22. The van der Waals surface area contributed by atoms with Crippen molar-refractivity contribution in [2.75, 3.05) is 0 Å². The lowest BCUT2D eigenvalue weighted by atomic mass is 10.2. The van der Waals surface area contributed by atoms with Crippen LogP contribution in [-0.4, -0.2) is 26.7 Å². The first-order valence-corrected chi connectivity index (χ1v) is 4.55. The van der Waals surface area contributed by atoms with E-state index in [1.54, 1.807) is 12.1 Å². The number of Topliss-reactive ketones (excluding diaryl/α,β-unsaturated/α-hetero) is 1. The first-order valence-electron chi connectivity index (χ1n) is 4.55. The molecule has 0 radical (unpaired) electrons. The Hall–Kier alpha value is -2.18. The van der Waals surface area contributed by atoms with Crippen LogP contribution in [0.3, 0.4) is 0 Å². The molecule has 0 N–H and O–H groups in total. The fraction of sp³-hybridized carbons (Fsp3) is 0.100. The minimum absolute atomic E-state index is 0.480. The van der Waals surface area contributed by atoms with Gasteiger partial charge in [0, 0.05) is 12.4 Å². The molecule has 0 amide bonds. The van der Waals surface area contributed by atoms with Gasteiger partial charge >= 0.3 is 6.18 Å². The van der Waals surface area contributed by atoms with Gasteiger partial charge in [0.25, 0.3) is 5.78 Å². The number of carbonyl (C=O) groups excluding carboxylic acids is 1. The molecule has 0 aliphatic carbocycles. The first-order chi connectivity index (χ1) is 7.98. The van der Waals surface area contributed by atoms with E-state index in [-0.39, 0.29) is 0 Å². The largest absolute Gasteiger partial charge is 0.454 e. The molecule has 0 spiro atoms. The van der Waals surface area contributed by atoms with E-state index in [1.807, 2.05) is 0 Å². The van der Waals surface area contributed by atoms with Crippen molar-refractivity contribution in [2.24, 2.45) is 0 Å². The molecule has 0 aliphatic rings. The zero-order valence-corrected chi connectivity index (χ0v) is 8.35. The van der Waals surface area contributed by atoms with Crippen molar-refractivity contribution in [1.82, 2.24) is 14.8 Å². The quantitative estimate of drug-likeness (QED) is 0.755. The SMILES string of the molecule is O=C(c1cnn(-c2cccnc2)c1)C(F)(F)F. The van der Waals surface area contributed by atoms with E-state index in [9.17, 15) is 18.0 Å². The van der Waals surface area contributed by atoms with Crippen molar-refractivity contribution >= 4 is 5.78 Å². The van der Waals surface area contributed by atoms with Gasteiger partial charge in [-0.1, -0.05) is 0 Å². The van der Waals surface area contributed by atoms with Gasteiger partial charge in [0.2, 0.25) is 0 Å². The third kappa shape index (κ3) is 2.32. The second-order valence-corrected chi connectivity index (χ2v) is 3.21. The summed E-state index contributed by atoms with van der Waals surface area (Å²) in [5, 5.41) is 3.68. The topological polar surface area (TPSA) is 47.8 Å². The highest BCUT2D eigenvalue weighted by molar-refractivity contribution is 5.99. The van der Waals surface area contributed by atoms with Crippen LogP contribution in [0.25, 0.3) is 5.69 Å². The highest BCUT2D eigenvalue weighted by Gasteiger charge is 2.40. The molecule has 2 rings (SSSR count).